The monoisotopic (exact) mass is 296 g/mol. The van der Waals surface area contributed by atoms with Gasteiger partial charge < -0.3 is 14.2 Å². The van der Waals surface area contributed by atoms with E-state index in [1.165, 1.54) is 6.42 Å². The Bertz CT molecular complexity index is 443. The quantitative estimate of drug-likeness (QED) is 0.737. The SMILES string of the molecule is COCCc1noc(CN(C)CC(=O)N2CCCCC2)n1. The predicted molar refractivity (Wildman–Crippen MR) is 76.6 cm³/mol. The second kappa shape index (κ2) is 8.09. The van der Waals surface area contributed by atoms with Gasteiger partial charge in [0.05, 0.1) is 19.7 Å². The number of nitrogens with zero attached hydrogens (tertiary/aromatic N) is 4. The minimum atomic E-state index is 0.177. The molecule has 0 aliphatic carbocycles. The Hall–Kier alpha value is -1.47. The van der Waals surface area contributed by atoms with Crippen molar-refractivity contribution < 1.29 is 14.1 Å². The van der Waals surface area contributed by atoms with Gasteiger partial charge in [-0.05, 0) is 26.3 Å². The molecule has 1 aromatic heterocycles. The number of likely N-dealkylation sites (tertiary alicyclic amines) is 1. The molecule has 0 atom stereocenters. The number of rotatable bonds is 7. The van der Waals surface area contributed by atoms with E-state index in [-0.39, 0.29) is 5.91 Å². The minimum absolute atomic E-state index is 0.177. The molecule has 0 spiro atoms. The van der Waals surface area contributed by atoms with Crippen LogP contribution in [0.2, 0.25) is 0 Å². The molecular formula is C14H24N4O3. The molecular weight excluding hydrogens is 272 g/mol. The average Bonchev–Trinajstić information content (AvgIpc) is 2.93. The zero-order valence-electron chi connectivity index (χ0n) is 12.9. The minimum Gasteiger partial charge on any atom is -0.384 e. The van der Waals surface area contributed by atoms with Gasteiger partial charge >= 0.3 is 0 Å². The fourth-order valence-electron chi connectivity index (χ4n) is 2.41. The third-order valence-corrected chi connectivity index (χ3v) is 3.56. The van der Waals surface area contributed by atoms with Gasteiger partial charge in [0.15, 0.2) is 5.82 Å². The van der Waals surface area contributed by atoms with Gasteiger partial charge in [-0.3, -0.25) is 9.69 Å². The number of piperidine rings is 1. The number of carbonyl (C=O) groups excluding carboxylic acids is 1. The van der Waals surface area contributed by atoms with Crippen molar-refractivity contribution in [2.24, 2.45) is 0 Å². The number of amides is 1. The van der Waals surface area contributed by atoms with Crippen LogP contribution in [0.4, 0.5) is 0 Å². The van der Waals surface area contributed by atoms with Crippen LogP contribution < -0.4 is 0 Å². The number of aromatic nitrogens is 2. The fraction of sp³-hybridized carbons (Fsp3) is 0.786. The molecule has 7 nitrogen and oxygen atoms in total. The van der Waals surface area contributed by atoms with Crippen molar-refractivity contribution in [3.05, 3.63) is 11.7 Å². The number of hydrogen-bond acceptors (Lipinski definition) is 6. The predicted octanol–water partition coefficient (Wildman–Crippen LogP) is 0.703. The number of likely N-dealkylation sites (N-methyl/N-ethyl adjacent to an activating group) is 1. The Labute approximate surface area is 125 Å². The van der Waals surface area contributed by atoms with Crippen LogP contribution in [0.1, 0.15) is 31.0 Å². The Morgan fingerprint density at radius 3 is 2.86 bits per heavy atom. The van der Waals surface area contributed by atoms with Crippen molar-refractivity contribution in [2.45, 2.75) is 32.2 Å². The zero-order chi connectivity index (χ0) is 15.1. The molecule has 0 saturated carbocycles. The molecule has 1 aromatic rings. The van der Waals surface area contributed by atoms with Crippen molar-refractivity contribution in [3.63, 3.8) is 0 Å². The van der Waals surface area contributed by atoms with Crippen molar-refractivity contribution in [1.29, 1.82) is 0 Å². The number of methoxy groups -OCH3 is 1. The van der Waals surface area contributed by atoms with E-state index in [1.807, 2.05) is 16.8 Å². The Kier molecular flexibility index (Phi) is 6.13. The molecule has 1 fully saturated rings. The largest absolute Gasteiger partial charge is 0.384 e. The second-order valence-corrected chi connectivity index (χ2v) is 5.46. The van der Waals surface area contributed by atoms with Crippen molar-refractivity contribution in [1.82, 2.24) is 19.9 Å². The maximum Gasteiger partial charge on any atom is 0.240 e. The number of ether oxygens (including phenoxy) is 1. The second-order valence-electron chi connectivity index (χ2n) is 5.46. The highest BCUT2D eigenvalue weighted by Crippen LogP contribution is 2.09. The van der Waals surface area contributed by atoms with Crippen LogP contribution >= 0.6 is 0 Å². The van der Waals surface area contributed by atoms with Gasteiger partial charge in [0.1, 0.15) is 0 Å². The summed E-state index contributed by atoms with van der Waals surface area (Å²) in [6, 6.07) is 0. The smallest absolute Gasteiger partial charge is 0.240 e. The van der Waals surface area contributed by atoms with E-state index in [4.69, 9.17) is 9.26 Å². The topological polar surface area (TPSA) is 71.7 Å². The van der Waals surface area contributed by atoms with Gasteiger partial charge in [-0.15, -0.1) is 0 Å². The van der Waals surface area contributed by atoms with E-state index >= 15 is 0 Å². The number of carbonyl (C=O) groups is 1. The molecule has 1 aliphatic rings. The molecule has 1 aliphatic heterocycles. The molecule has 0 N–H and O–H groups in total. The van der Waals surface area contributed by atoms with Gasteiger partial charge in [0, 0.05) is 26.6 Å². The molecule has 118 valence electrons. The summed E-state index contributed by atoms with van der Waals surface area (Å²) in [5.41, 5.74) is 0. The van der Waals surface area contributed by atoms with Gasteiger partial charge in [-0.1, -0.05) is 5.16 Å². The normalized spacial score (nSPS) is 15.7. The lowest BCUT2D eigenvalue weighted by Crippen LogP contribution is -2.41. The van der Waals surface area contributed by atoms with Crippen molar-refractivity contribution >= 4 is 5.91 Å². The van der Waals surface area contributed by atoms with Crippen LogP contribution in [-0.4, -0.2) is 66.2 Å². The Morgan fingerprint density at radius 2 is 2.14 bits per heavy atom. The Morgan fingerprint density at radius 1 is 1.38 bits per heavy atom. The average molecular weight is 296 g/mol. The first-order valence-corrected chi connectivity index (χ1v) is 7.45. The zero-order valence-corrected chi connectivity index (χ0v) is 12.9. The van der Waals surface area contributed by atoms with Gasteiger partial charge in [0.25, 0.3) is 0 Å². The van der Waals surface area contributed by atoms with Gasteiger partial charge in [0.2, 0.25) is 11.8 Å². The summed E-state index contributed by atoms with van der Waals surface area (Å²) < 4.78 is 10.1. The lowest BCUT2D eigenvalue weighted by Gasteiger charge is -2.28. The highest BCUT2D eigenvalue weighted by molar-refractivity contribution is 5.78. The standard InChI is InChI=1S/C14H24N4O3/c1-17(11-14(19)18-7-4-3-5-8-18)10-13-15-12(16-21-13)6-9-20-2/h3-11H2,1-2H3. The molecule has 21 heavy (non-hydrogen) atoms. The maximum absolute atomic E-state index is 12.1. The molecule has 0 radical (unpaired) electrons. The first-order valence-electron chi connectivity index (χ1n) is 7.45. The summed E-state index contributed by atoms with van der Waals surface area (Å²) in [5, 5.41) is 3.89. The lowest BCUT2D eigenvalue weighted by atomic mass is 10.1. The molecule has 0 unspecified atom stereocenters. The molecule has 1 amide bonds. The molecule has 7 heteroatoms. The van der Waals surface area contributed by atoms with Crippen LogP contribution in [0.5, 0.6) is 0 Å². The maximum atomic E-state index is 12.1. The molecule has 0 aromatic carbocycles. The third kappa shape index (κ3) is 5.09. The van der Waals surface area contributed by atoms with Gasteiger partial charge in [-0.25, -0.2) is 0 Å². The van der Waals surface area contributed by atoms with Crippen LogP contribution in [0.15, 0.2) is 4.52 Å². The summed E-state index contributed by atoms with van der Waals surface area (Å²) in [4.78, 5) is 20.3. The first-order chi connectivity index (χ1) is 10.2. The van der Waals surface area contributed by atoms with Crippen LogP contribution in [0.25, 0.3) is 0 Å². The molecule has 0 bridgehead atoms. The van der Waals surface area contributed by atoms with Crippen molar-refractivity contribution in [3.8, 4) is 0 Å². The number of hydrogen-bond donors (Lipinski definition) is 0. The lowest BCUT2D eigenvalue weighted by molar-refractivity contribution is -0.133. The molecule has 1 saturated heterocycles. The summed E-state index contributed by atoms with van der Waals surface area (Å²) in [6.45, 7) is 3.21. The van der Waals surface area contributed by atoms with E-state index < -0.39 is 0 Å². The highest BCUT2D eigenvalue weighted by atomic mass is 16.5. The highest BCUT2D eigenvalue weighted by Gasteiger charge is 2.18. The fourth-order valence-corrected chi connectivity index (χ4v) is 2.41. The van der Waals surface area contributed by atoms with E-state index in [1.54, 1.807) is 7.11 Å². The summed E-state index contributed by atoms with van der Waals surface area (Å²) >= 11 is 0. The van der Waals surface area contributed by atoms with E-state index in [0.29, 0.717) is 37.8 Å². The van der Waals surface area contributed by atoms with E-state index in [2.05, 4.69) is 10.1 Å². The van der Waals surface area contributed by atoms with Crippen LogP contribution in [-0.2, 0) is 22.5 Å². The Balaban J connectivity index is 1.76. The molecule has 2 rings (SSSR count). The van der Waals surface area contributed by atoms with E-state index in [9.17, 15) is 4.79 Å². The molecule has 2 heterocycles. The van der Waals surface area contributed by atoms with Crippen LogP contribution in [0.3, 0.4) is 0 Å². The first kappa shape index (κ1) is 15.9. The van der Waals surface area contributed by atoms with Gasteiger partial charge in [-0.2, -0.15) is 4.98 Å². The van der Waals surface area contributed by atoms with Crippen LogP contribution in [0, 0.1) is 0 Å². The summed E-state index contributed by atoms with van der Waals surface area (Å²) in [7, 11) is 3.53. The third-order valence-electron chi connectivity index (χ3n) is 3.56. The van der Waals surface area contributed by atoms with E-state index in [0.717, 1.165) is 25.9 Å². The summed E-state index contributed by atoms with van der Waals surface area (Å²) in [5.74, 6) is 1.36. The summed E-state index contributed by atoms with van der Waals surface area (Å²) in [6.07, 6.45) is 4.09. The van der Waals surface area contributed by atoms with Crippen molar-refractivity contribution in [2.75, 3.05) is 40.4 Å².